The van der Waals surface area contributed by atoms with Crippen molar-refractivity contribution in [1.29, 1.82) is 0 Å². The molecule has 17 heavy (non-hydrogen) atoms. The zero-order valence-corrected chi connectivity index (χ0v) is 11.7. The van der Waals surface area contributed by atoms with Crippen LogP contribution >= 0.6 is 0 Å². The summed E-state index contributed by atoms with van der Waals surface area (Å²) in [5.74, 6) is 0.903. The van der Waals surface area contributed by atoms with Crippen LogP contribution in [0.4, 0.5) is 0 Å². The highest BCUT2D eigenvalue weighted by atomic mass is 16.1. The molecule has 0 heterocycles. The molecule has 1 rings (SSSR count). The first-order valence-electron chi connectivity index (χ1n) is 6.40. The summed E-state index contributed by atoms with van der Waals surface area (Å²) in [6, 6.07) is 8.09. The number of hydrogen-bond acceptors (Lipinski definition) is 1. The Hall–Kier alpha value is -1.11. The Bertz CT molecular complexity index is 366. The quantitative estimate of drug-likeness (QED) is 0.698. The molecule has 0 unspecified atom stereocenters. The molecule has 0 saturated heterocycles. The average Bonchev–Trinajstić information content (AvgIpc) is 2.15. The third kappa shape index (κ3) is 5.16. The minimum Gasteiger partial charge on any atom is -0.294 e. The van der Waals surface area contributed by atoms with E-state index in [1.807, 2.05) is 12.1 Å². The topological polar surface area (TPSA) is 17.1 Å². The van der Waals surface area contributed by atoms with Gasteiger partial charge in [-0.2, -0.15) is 0 Å². The molecule has 0 aliphatic carbocycles. The van der Waals surface area contributed by atoms with Crippen LogP contribution in [0, 0.1) is 11.3 Å². The molecule has 94 valence electrons. The molecule has 0 saturated carbocycles. The van der Waals surface area contributed by atoms with Gasteiger partial charge in [-0.3, -0.25) is 4.79 Å². The predicted molar refractivity (Wildman–Crippen MR) is 73.4 cm³/mol. The summed E-state index contributed by atoms with van der Waals surface area (Å²) in [6.07, 6.45) is 1.68. The molecule has 0 aliphatic heterocycles. The van der Waals surface area contributed by atoms with Gasteiger partial charge in [0.1, 0.15) is 0 Å². The number of ketones is 1. The van der Waals surface area contributed by atoms with Crippen molar-refractivity contribution >= 4 is 5.78 Å². The van der Waals surface area contributed by atoms with E-state index in [0.29, 0.717) is 12.3 Å². The van der Waals surface area contributed by atoms with Crippen LogP contribution in [-0.2, 0) is 6.42 Å². The Balaban J connectivity index is 2.71. The number of benzene rings is 1. The van der Waals surface area contributed by atoms with Gasteiger partial charge in [-0.15, -0.1) is 0 Å². The molecule has 0 bridgehead atoms. The Morgan fingerprint density at radius 1 is 1.12 bits per heavy atom. The maximum absolute atomic E-state index is 12.0. The molecule has 0 aliphatic rings. The lowest BCUT2D eigenvalue weighted by Gasteiger charge is -2.16. The van der Waals surface area contributed by atoms with Gasteiger partial charge >= 0.3 is 0 Å². The van der Waals surface area contributed by atoms with E-state index < -0.39 is 0 Å². The van der Waals surface area contributed by atoms with E-state index >= 15 is 0 Å². The first kappa shape index (κ1) is 14.0. The fourth-order valence-electron chi connectivity index (χ4n) is 1.88. The molecule has 1 aromatic rings. The van der Waals surface area contributed by atoms with Crippen LogP contribution in [0.25, 0.3) is 0 Å². The number of carbonyl (C=O) groups is 1. The van der Waals surface area contributed by atoms with E-state index in [2.05, 4.69) is 46.8 Å². The molecule has 0 radical (unpaired) electrons. The highest BCUT2D eigenvalue weighted by molar-refractivity contribution is 5.96. The summed E-state index contributed by atoms with van der Waals surface area (Å²) >= 11 is 0. The van der Waals surface area contributed by atoms with Crippen LogP contribution in [-0.4, -0.2) is 5.78 Å². The first-order valence-corrected chi connectivity index (χ1v) is 6.40. The van der Waals surface area contributed by atoms with E-state index in [1.54, 1.807) is 0 Å². The van der Waals surface area contributed by atoms with Crippen molar-refractivity contribution in [3.8, 4) is 0 Å². The maximum Gasteiger partial charge on any atom is 0.163 e. The smallest absolute Gasteiger partial charge is 0.163 e. The maximum atomic E-state index is 12.0. The Labute approximate surface area is 105 Å². The van der Waals surface area contributed by atoms with Crippen molar-refractivity contribution in [2.45, 2.75) is 47.5 Å². The van der Waals surface area contributed by atoms with Crippen LogP contribution in [0.2, 0.25) is 0 Å². The summed E-state index contributed by atoms with van der Waals surface area (Å²) in [7, 11) is 0. The monoisotopic (exact) mass is 232 g/mol. The summed E-state index contributed by atoms with van der Waals surface area (Å²) < 4.78 is 0. The molecule has 0 amide bonds. The number of hydrogen-bond donors (Lipinski definition) is 0. The lowest BCUT2D eigenvalue weighted by Crippen LogP contribution is -2.13. The van der Waals surface area contributed by atoms with Crippen molar-refractivity contribution < 1.29 is 4.79 Å². The lowest BCUT2D eigenvalue weighted by molar-refractivity contribution is 0.0940. The summed E-state index contributed by atoms with van der Waals surface area (Å²) in [4.78, 5) is 12.0. The molecule has 1 heteroatoms. The van der Waals surface area contributed by atoms with Crippen molar-refractivity contribution in [2.75, 3.05) is 0 Å². The van der Waals surface area contributed by atoms with E-state index in [4.69, 9.17) is 0 Å². The molecule has 0 spiro atoms. The fourth-order valence-corrected chi connectivity index (χ4v) is 1.88. The lowest BCUT2D eigenvalue weighted by atomic mass is 9.87. The number of rotatable bonds is 4. The highest BCUT2D eigenvalue weighted by Gasteiger charge is 2.17. The third-order valence-corrected chi connectivity index (χ3v) is 2.61. The second kappa shape index (κ2) is 5.48. The van der Waals surface area contributed by atoms with Crippen LogP contribution in [0.3, 0.4) is 0 Å². The largest absolute Gasteiger partial charge is 0.294 e. The van der Waals surface area contributed by atoms with Gasteiger partial charge in [0.15, 0.2) is 5.78 Å². The second-order valence-corrected chi connectivity index (χ2v) is 6.46. The Kier molecular flexibility index (Phi) is 4.50. The summed E-state index contributed by atoms with van der Waals surface area (Å²) in [6.45, 7) is 10.7. The minimum absolute atomic E-state index is 0.0632. The van der Waals surface area contributed by atoms with Crippen LogP contribution in [0.15, 0.2) is 24.3 Å². The zero-order valence-electron chi connectivity index (χ0n) is 11.7. The Morgan fingerprint density at radius 3 is 2.06 bits per heavy atom. The van der Waals surface area contributed by atoms with E-state index in [0.717, 1.165) is 12.0 Å². The summed E-state index contributed by atoms with van der Waals surface area (Å²) in [5.41, 5.74) is 2.22. The van der Waals surface area contributed by atoms with E-state index in [9.17, 15) is 4.79 Å². The molecule has 1 nitrogen and oxygen atoms in total. The fraction of sp³-hybridized carbons (Fsp3) is 0.562. The van der Waals surface area contributed by atoms with Gasteiger partial charge < -0.3 is 0 Å². The number of Topliss-reactive ketones (excluding diaryl/α,β-unsaturated/α-hetero) is 1. The molecule has 0 aromatic heterocycles. The van der Waals surface area contributed by atoms with Gasteiger partial charge in [-0.05, 0) is 23.3 Å². The highest BCUT2D eigenvalue weighted by Crippen LogP contribution is 2.21. The average molecular weight is 232 g/mol. The second-order valence-electron chi connectivity index (χ2n) is 6.46. The Morgan fingerprint density at radius 2 is 1.65 bits per heavy atom. The van der Waals surface area contributed by atoms with Crippen LogP contribution < -0.4 is 0 Å². The van der Waals surface area contributed by atoms with Gasteiger partial charge in [0.25, 0.3) is 0 Å². The van der Waals surface area contributed by atoms with Crippen molar-refractivity contribution in [3.63, 3.8) is 0 Å². The summed E-state index contributed by atoms with van der Waals surface area (Å²) in [5, 5.41) is 0. The zero-order chi connectivity index (χ0) is 13.1. The molecule has 0 atom stereocenters. The van der Waals surface area contributed by atoms with E-state index in [1.165, 1.54) is 5.56 Å². The van der Waals surface area contributed by atoms with Crippen LogP contribution in [0.1, 0.15) is 57.0 Å². The predicted octanol–water partition coefficient (Wildman–Crippen LogP) is 4.50. The molecular weight excluding hydrogens is 208 g/mol. The van der Waals surface area contributed by atoms with Gasteiger partial charge in [0.2, 0.25) is 0 Å². The van der Waals surface area contributed by atoms with Crippen molar-refractivity contribution in [3.05, 3.63) is 35.4 Å². The standard InChI is InChI=1S/C16H24O/c1-12(2)10-13-6-8-14(9-7-13)15(17)11-16(3,4)5/h6-9,12H,10-11H2,1-5H3. The molecule has 0 N–H and O–H groups in total. The van der Waals surface area contributed by atoms with E-state index in [-0.39, 0.29) is 11.2 Å². The van der Waals surface area contributed by atoms with Crippen LogP contribution in [0.5, 0.6) is 0 Å². The van der Waals surface area contributed by atoms with Crippen molar-refractivity contribution in [1.82, 2.24) is 0 Å². The van der Waals surface area contributed by atoms with Gasteiger partial charge in [0.05, 0.1) is 0 Å². The molecular formula is C16H24O. The third-order valence-electron chi connectivity index (χ3n) is 2.61. The van der Waals surface area contributed by atoms with Gasteiger partial charge in [0, 0.05) is 12.0 Å². The SMILES string of the molecule is CC(C)Cc1ccc(C(=O)CC(C)(C)C)cc1. The molecule has 1 aromatic carbocycles. The van der Waals surface area contributed by atoms with Gasteiger partial charge in [-0.1, -0.05) is 58.9 Å². The molecule has 0 fully saturated rings. The first-order chi connectivity index (χ1) is 7.78. The van der Waals surface area contributed by atoms with Gasteiger partial charge in [-0.25, -0.2) is 0 Å². The van der Waals surface area contributed by atoms with Crippen molar-refractivity contribution in [2.24, 2.45) is 11.3 Å². The normalized spacial score (nSPS) is 11.9. The number of carbonyl (C=O) groups excluding carboxylic acids is 1. The minimum atomic E-state index is 0.0632.